The maximum Gasteiger partial charge on any atom is 0.0917 e. The molecule has 1 atom stereocenters. The van der Waals surface area contributed by atoms with Crippen LogP contribution in [0.5, 0.6) is 0 Å². The molecule has 0 aliphatic rings. The number of thiazole rings is 1. The molecule has 0 amide bonds. The van der Waals surface area contributed by atoms with E-state index in [0.29, 0.717) is 0 Å². The summed E-state index contributed by atoms with van der Waals surface area (Å²) in [5.74, 6) is 0. The number of nitrogens with zero attached hydrogens (tertiary/aromatic N) is 3. The van der Waals surface area contributed by atoms with E-state index in [9.17, 15) is 0 Å². The molecule has 0 aliphatic heterocycles. The van der Waals surface area contributed by atoms with Crippen molar-refractivity contribution in [3.8, 4) is 0 Å². The third kappa shape index (κ3) is 1.97. The van der Waals surface area contributed by atoms with Crippen molar-refractivity contribution in [1.29, 1.82) is 0 Å². The van der Waals surface area contributed by atoms with Gasteiger partial charge in [-0.1, -0.05) is 0 Å². The number of aryl methyl sites for hydroxylation is 2. The molecule has 2 heterocycles. The van der Waals surface area contributed by atoms with E-state index < -0.39 is 0 Å². The Morgan fingerprint density at radius 3 is 2.80 bits per heavy atom. The van der Waals surface area contributed by atoms with Crippen LogP contribution in [0.25, 0.3) is 0 Å². The molecular weight excluding hydrogens is 276 g/mol. The molecule has 4 nitrogen and oxygen atoms in total. The molecule has 2 aromatic rings. The Hall–Kier alpha value is -0.720. The lowest BCUT2D eigenvalue weighted by molar-refractivity contribution is 0.663. The third-order valence-electron chi connectivity index (χ3n) is 2.19. The molecule has 6 heteroatoms. The monoisotopic (exact) mass is 286 g/mol. The van der Waals surface area contributed by atoms with Crippen molar-refractivity contribution < 1.29 is 0 Å². The van der Waals surface area contributed by atoms with Gasteiger partial charge in [-0.15, -0.1) is 11.3 Å². The van der Waals surface area contributed by atoms with E-state index in [1.165, 1.54) is 0 Å². The number of rotatable bonds is 2. The highest BCUT2D eigenvalue weighted by Gasteiger charge is 2.18. The van der Waals surface area contributed by atoms with Crippen molar-refractivity contribution >= 4 is 27.3 Å². The molecule has 2 N–H and O–H groups in total. The van der Waals surface area contributed by atoms with E-state index in [0.717, 1.165) is 20.9 Å². The minimum absolute atomic E-state index is 0.225. The van der Waals surface area contributed by atoms with E-state index in [2.05, 4.69) is 26.0 Å². The van der Waals surface area contributed by atoms with Gasteiger partial charge in [0.15, 0.2) is 0 Å². The molecule has 0 saturated carbocycles. The highest BCUT2D eigenvalue weighted by atomic mass is 79.9. The fourth-order valence-electron chi connectivity index (χ4n) is 1.43. The van der Waals surface area contributed by atoms with Crippen LogP contribution in [0.3, 0.4) is 0 Å². The standard InChI is InChI=1S/C9H11BrN4S/c1-5-13-7(4-15-5)8(11)9-6(10)3-12-14(9)2/h3-4,8H,11H2,1-2H3. The number of hydrogen-bond acceptors (Lipinski definition) is 4. The topological polar surface area (TPSA) is 56.7 Å². The summed E-state index contributed by atoms with van der Waals surface area (Å²) in [5.41, 5.74) is 7.96. The van der Waals surface area contributed by atoms with Gasteiger partial charge in [0.1, 0.15) is 0 Å². The van der Waals surface area contributed by atoms with Crippen molar-refractivity contribution in [3.63, 3.8) is 0 Å². The summed E-state index contributed by atoms with van der Waals surface area (Å²) >= 11 is 5.04. The van der Waals surface area contributed by atoms with Crippen molar-refractivity contribution in [3.05, 3.63) is 32.4 Å². The summed E-state index contributed by atoms with van der Waals surface area (Å²) in [4.78, 5) is 4.38. The first-order valence-electron chi connectivity index (χ1n) is 4.44. The lowest BCUT2D eigenvalue weighted by Crippen LogP contribution is -2.16. The average molecular weight is 287 g/mol. The van der Waals surface area contributed by atoms with Gasteiger partial charge in [0.25, 0.3) is 0 Å². The van der Waals surface area contributed by atoms with E-state index in [-0.39, 0.29) is 6.04 Å². The molecule has 0 fully saturated rings. The van der Waals surface area contributed by atoms with E-state index in [4.69, 9.17) is 5.73 Å². The van der Waals surface area contributed by atoms with Crippen LogP contribution < -0.4 is 5.73 Å². The summed E-state index contributed by atoms with van der Waals surface area (Å²) in [6.07, 6.45) is 1.74. The van der Waals surface area contributed by atoms with E-state index >= 15 is 0 Å². The van der Waals surface area contributed by atoms with E-state index in [1.54, 1.807) is 22.2 Å². The zero-order valence-electron chi connectivity index (χ0n) is 8.44. The average Bonchev–Trinajstić information content (AvgIpc) is 2.73. The van der Waals surface area contributed by atoms with Gasteiger partial charge in [0, 0.05) is 12.4 Å². The molecule has 0 radical (unpaired) electrons. The molecule has 0 aliphatic carbocycles. The van der Waals surface area contributed by atoms with Crippen molar-refractivity contribution in [2.24, 2.45) is 12.8 Å². The SMILES string of the molecule is Cc1nc(C(N)c2c(Br)cnn2C)cs1. The first-order valence-corrected chi connectivity index (χ1v) is 6.12. The van der Waals surface area contributed by atoms with Crippen LogP contribution in [0.2, 0.25) is 0 Å². The van der Waals surface area contributed by atoms with Gasteiger partial charge in [-0.2, -0.15) is 5.10 Å². The minimum Gasteiger partial charge on any atom is -0.318 e. The lowest BCUT2D eigenvalue weighted by atomic mass is 10.2. The van der Waals surface area contributed by atoms with Gasteiger partial charge >= 0.3 is 0 Å². The fraction of sp³-hybridized carbons (Fsp3) is 0.333. The largest absolute Gasteiger partial charge is 0.318 e. The van der Waals surface area contributed by atoms with Crippen molar-refractivity contribution in [1.82, 2.24) is 14.8 Å². The Balaban J connectivity index is 2.40. The van der Waals surface area contributed by atoms with Crippen LogP contribution in [0.1, 0.15) is 22.4 Å². The summed E-state index contributed by atoms with van der Waals surface area (Å²) in [6.45, 7) is 1.97. The smallest absolute Gasteiger partial charge is 0.0917 e. The number of nitrogens with two attached hydrogens (primary N) is 1. The van der Waals surface area contributed by atoms with E-state index in [1.807, 2.05) is 19.4 Å². The van der Waals surface area contributed by atoms with Gasteiger partial charge < -0.3 is 5.73 Å². The summed E-state index contributed by atoms with van der Waals surface area (Å²) in [7, 11) is 1.87. The highest BCUT2D eigenvalue weighted by Crippen LogP contribution is 2.26. The first kappa shape index (κ1) is 10.8. The fourth-order valence-corrected chi connectivity index (χ4v) is 2.68. The van der Waals surface area contributed by atoms with Crippen LogP contribution in [0.4, 0.5) is 0 Å². The Kier molecular flexibility index (Phi) is 2.90. The quantitative estimate of drug-likeness (QED) is 0.919. The predicted molar refractivity (Wildman–Crippen MR) is 63.8 cm³/mol. The second kappa shape index (κ2) is 4.03. The zero-order valence-corrected chi connectivity index (χ0v) is 10.8. The molecular formula is C9H11BrN4S. The van der Waals surface area contributed by atoms with Crippen LogP contribution in [-0.2, 0) is 7.05 Å². The number of halogens is 1. The Bertz CT molecular complexity index is 457. The van der Waals surface area contributed by atoms with Gasteiger partial charge in [-0.3, -0.25) is 4.68 Å². The molecule has 80 valence electrons. The Morgan fingerprint density at radius 1 is 1.60 bits per heavy atom. The maximum absolute atomic E-state index is 6.13. The maximum atomic E-state index is 6.13. The third-order valence-corrected chi connectivity index (χ3v) is 3.59. The molecule has 0 saturated heterocycles. The van der Waals surface area contributed by atoms with Gasteiger partial charge in [-0.25, -0.2) is 4.98 Å². The summed E-state index contributed by atoms with van der Waals surface area (Å²) < 4.78 is 2.69. The molecule has 2 rings (SSSR count). The van der Waals surface area contributed by atoms with Crippen LogP contribution >= 0.6 is 27.3 Å². The normalized spacial score (nSPS) is 13.1. The van der Waals surface area contributed by atoms with Crippen LogP contribution in [0.15, 0.2) is 16.0 Å². The molecule has 1 unspecified atom stereocenters. The number of aromatic nitrogens is 3. The summed E-state index contributed by atoms with van der Waals surface area (Å²) in [5, 5.41) is 7.15. The number of hydrogen-bond donors (Lipinski definition) is 1. The highest BCUT2D eigenvalue weighted by molar-refractivity contribution is 9.10. The zero-order chi connectivity index (χ0) is 11.0. The minimum atomic E-state index is -0.225. The van der Waals surface area contributed by atoms with Crippen LogP contribution in [-0.4, -0.2) is 14.8 Å². The van der Waals surface area contributed by atoms with Crippen molar-refractivity contribution in [2.45, 2.75) is 13.0 Å². The second-order valence-electron chi connectivity index (χ2n) is 3.27. The van der Waals surface area contributed by atoms with Gasteiger partial charge in [-0.05, 0) is 22.9 Å². The van der Waals surface area contributed by atoms with Gasteiger partial charge in [0.2, 0.25) is 0 Å². The van der Waals surface area contributed by atoms with Crippen LogP contribution in [0, 0.1) is 6.92 Å². The molecule has 0 bridgehead atoms. The Labute approximate surface area is 100 Å². The second-order valence-corrected chi connectivity index (χ2v) is 5.19. The van der Waals surface area contributed by atoms with Crippen molar-refractivity contribution in [2.75, 3.05) is 0 Å². The Morgan fingerprint density at radius 2 is 2.33 bits per heavy atom. The first-order chi connectivity index (χ1) is 7.09. The molecule has 2 aromatic heterocycles. The summed E-state index contributed by atoms with van der Waals surface area (Å²) in [6, 6.07) is -0.225. The molecule has 0 spiro atoms. The predicted octanol–water partition coefficient (Wildman–Crippen LogP) is 2.00. The molecule has 15 heavy (non-hydrogen) atoms. The van der Waals surface area contributed by atoms with Gasteiger partial charge in [0.05, 0.1) is 33.1 Å². The lowest BCUT2D eigenvalue weighted by Gasteiger charge is -2.10. The molecule has 0 aromatic carbocycles.